The number of hydrogen-bond donors (Lipinski definition) is 2. The summed E-state index contributed by atoms with van der Waals surface area (Å²) in [6, 6.07) is 11.3. The van der Waals surface area contributed by atoms with E-state index in [0.717, 1.165) is 43.7 Å². The lowest BCUT2D eigenvalue weighted by molar-refractivity contribution is -0.152. The van der Waals surface area contributed by atoms with Crippen LogP contribution in [0.25, 0.3) is 22.4 Å². The molecule has 7 nitrogen and oxygen atoms in total. The van der Waals surface area contributed by atoms with Gasteiger partial charge in [-0.3, -0.25) is 0 Å². The van der Waals surface area contributed by atoms with Gasteiger partial charge in [-0.05, 0) is 62.9 Å². The van der Waals surface area contributed by atoms with Gasteiger partial charge in [0.1, 0.15) is 11.6 Å². The lowest BCUT2D eigenvalue weighted by Gasteiger charge is -2.31. The largest absolute Gasteiger partial charge is 0.478 e. The van der Waals surface area contributed by atoms with E-state index < -0.39 is 29.1 Å². The Morgan fingerprint density at radius 1 is 1.15 bits per heavy atom. The number of halogens is 3. The number of aromatic amines is 1. The van der Waals surface area contributed by atoms with E-state index in [0.29, 0.717) is 21.9 Å². The molecule has 0 amide bonds. The molecule has 1 saturated carbocycles. The first-order chi connectivity index (χ1) is 19.1. The SMILES string of the molecule is CC(C)(Oc1ccc(OCC(c2c(F)c(F)cc3[nH]c(-c4ccc(Cl)cc4)nc23)C2CCCCC2)nc1)C(=O)O. The second kappa shape index (κ2) is 11.4. The van der Waals surface area contributed by atoms with E-state index in [9.17, 15) is 14.3 Å². The monoisotopic (exact) mass is 569 g/mol. The molecule has 1 aliphatic carbocycles. The van der Waals surface area contributed by atoms with Gasteiger partial charge in [0.25, 0.3) is 0 Å². The third-order valence-corrected chi connectivity index (χ3v) is 7.67. The van der Waals surface area contributed by atoms with Gasteiger partial charge in [0.15, 0.2) is 17.2 Å². The maximum absolute atomic E-state index is 15.6. The predicted octanol–water partition coefficient (Wildman–Crippen LogP) is 7.54. The molecule has 210 valence electrons. The average molecular weight is 570 g/mol. The van der Waals surface area contributed by atoms with Crippen molar-refractivity contribution in [3.8, 4) is 23.0 Å². The summed E-state index contributed by atoms with van der Waals surface area (Å²) in [5.74, 6) is -2.35. The first-order valence-corrected chi connectivity index (χ1v) is 13.6. The first kappa shape index (κ1) is 27.8. The van der Waals surface area contributed by atoms with Crippen LogP contribution in [0, 0.1) is 17.6 Å². The molecule has 1 atom stereocenters. The van der Waals surface area contributed by atoms with Crippen LogP contribution in [0.1, 0.15) is 57.4 Å². The van der Waals surface area contributed by atoms with E-state index in [2.05, 4.69) is 9.97 Å². The van der Waals surface area contributed by atoms with Crippen molar-refractivity contribution in [3.05, 3.63) is 70.9 Å². The zero-order chi connectivity index (χ0) is 28.4. The number of carboxylic acids is 1. The molecule has 0 radical (unpaired) electrons. The van der Waals surface area contributed by atoms with Gasteiger partial charge in [-0.1, -0.05) is 30.9 Å². The number of carboxylic acid groups (broad SMARTS) is 1. The normalized spacial score (nSPS) is 15.2. The van der Waals surface area contributed by atoms with Gasteiger partial charge in [-0.2, -0.15) is 0 Å². The van der Waals surface area contributed by atoms with E-state index in [1.54, 1.807) is 36.4 Å². The van der Waals surface area contributed by atoms with Crippen molar-refractivity contribution in [1.82, 2.24) is 15.0 Å². The number of nitrogens with one attached hydrogen (secondary N) is 1. The summed E-state index contributed by atoms with van der Waals surface area (Å²) < 4.78 is 42.1. The fraction of sp³-hybridized carbons (Fsp3) is 0.367. The average Bonchev–Trinajstić information content (AvgIpc) is 3.35. The number of ether oxygens (including phenoxy) is 2. The summed E-state index contributed by atoms with van der Waals surface area (Å²) in [5, 5.41) is 9.86. The van der Waals surface area contributed by atoms with Crippen molar-refractivity contribution in [3.63, 3.8) is 0 Å². The van der Waals surface area contributed by atoms with Crippen LogP contribution in [0.3, 0.4) is 0 Å². The number of rotatable bonds is 9. The van der Waals surface area contributed by atoms with E-state index >= 15 is 4.39 Å². The third-order valence-electron chi connectivity index (χ3n) is 7.42. The second-order valence-corrected chi connectivity index (χ2v) is 11.1. The molecule has 2 aromatic heterocycles. The molecule has 1 aliphatic rings. The molecule has 2 N–H and O–H groups in total. The zero-order valence-electron chi connectivity index (χ0n) is 22.2. The number of aliphatic carboxylic acids is 1. The molecule has 10 heteroatoms. The second-order valence-electron chi connectivity index (χ2n) is 10.6. The van der Waals surface area contributed by atoms with Crippen molar-refractivity contribution in [2.24, 2.45) is 5.92 Å². The maximum Gasteiger partial charge on any atom is 0.347 e. The Kier molecular flexibility index (Phi) is 7.94. The van der Waals surface area contributed by atoms with Crippen LogP contribution in [0.4, 0.5) is 8.78 Å². The highest BCUT2D eigenvalue weighted by atomic mass is 35.5. The van der Waals surface area contributed by atoms with Crippen LogP contribution in [0.15, 0.2) is 48.7 Å². The molecule has 1 fully saturated rings. The molecule has 1 unspecified atom stereocenters. The van der Waals surface area contributed by atoms with Crippen molar-refractivity contribution < 1.29 is 28.2 Å². The summed E-state index contributed by atoms with van der Waals surface area (Å²) >= 11 is 6.03. The van der Waals surface area contributed by atoms with Gasteiger partial charge >= 0.3 is 5.97 Å². The topological polar surface area (TPSA) is 97.3 Å². The van der Waals surface area contributed by atoms with Gasteiger partial charge in [0.05, 0.1) is 23.8 Å². The molecule has 2 aromatic carbocycles. The first-order valence-electron chi connectivity index (χ1n) is 13.3. The Bertz CT molecular complexity index is 1500. The smallest absolute Gasteiger partial charge is 0.347 e. The van der Waals surface area contributed by atoms with Crippen LogP contribution in [-0.4, -0.2) is 38.2 Å². The van der Waals surface area contributed by atoms with Crippen molar-refractivity contribution >= 4 is 28.6 Å². The van der Waals surface area contributed by atoms with Crippen molar-refractivity contribution in [2.45, 2.75) is 57.5 Å². The van der Waals surface area contributed by atoms with Crippen LogP contribution in [-0.2, 0) is 4.79 Å². The molecule has 0 spiro atoms. The van der Waals surface area contributed by atoms with Gasteiger partial charge < -0.3 is 19.6 Å². The Labute approximate surface area is 235 Å². The van der Waals surface area contributed by atoms with Crippen LogP contribution in [0.2, 0.25) is 5.02 Å². The summed E-state index contributed by atoms with van der Waals surface area (Å²) in [6.45, 7) is 2.95. The van der Waals surface area contributed by atoms with Crippen LogP contribution < -0.4 is 9.47 Å². The Hall–Kier alpha value is -3.72. The molecular weight excluding hydrogens is 540 g/mol. The number of H-pyrrole nitrogens is 1. The Morgan fingerprint density at radius 2 is 1.88 bits per heavy atom. The maximum atomic E-state index is 15.6. The fourth-order valence-corrected chi connectivity index (χ4v) is 5.35. The zero-order valence-corrected chi connectivity index (χ0v) is 23.0. The van der Waals surface area contributed by atoms with Crippen molar-refractivity contribution in [2.75, 3.05) is 6.61 Å². The predicted molar refractivity (Wildman–Crippen MR) is 148 cm³/mol. The molecular formula is C30H30ClF2N3O4. The summed E-state index contributed by atoms with van der Waals surface area (Å²) in [6.07, 6.45) is 6.21. The summed E-state index contributed by atoms with van der Waals surface area (Å²) in [7, 11) is 0. The minimum atomic E-state index is -1.43. The fourth-order valence-electron chi connectivity index (χ4n) is 5.22. The summed E-state index contributed by atoms with van der Waals surface area (Å²) in [4.78, 5) is 23.4. The number of carbonyl (C=O) groups is 1. The van der Waals surface area contributed by atoms with Crippen molar-refractivity contribution in [1.29, 1.82) is 0 Å². The van der Waals surface area contributed by atoms with E-state index in [4.69, 9.17) is 26.1 Å². The lowest BCUT2D eigenvalue weighted by atomic mass is 9.76. The molecule has 5 rings (SSSR count). The van der Waals surface area contributed by atoms with Crippen LogP contribution >= 0.6 is 11.6 Å². The number of imidazole rings is 1. The highest BCUT2D eigenvalue weighted by molar-refractivity contribution is 6.30. The number of hydrogen-bond acceptors (Lipinski definition) is 5. The van der Waals surface area contributed by atoms with Gasteiger partial charge in [-0.25, -0.2) is 23.5 Å². The van der Waals surface area contributed by atoms with E-state index in [1.807, 2.05) is 0 Å². The number of benzene rings is 2. The molecule has 2 heterocycles. The Morgan fingerprint density at radius 3 is 2.52 bits per heavy atom. The van der Waals surface area contributed by atoms with Gasteiger partial charge in [0.2, 0.25) is 5.88 Å². The number of fused-ring (bicyclic) bond motifs is 1. The highest BCUT2D eigenvalue weighted by Crippen LogP contribution is 2.41. The molecule has 4 aromatic rings. The standard InChI is InChI=1S/C30H30ClF2N3O4/c1-30(2,29(37)38)40-20-12-13-24(34-15-20)39-16-21(17-6-4-3-5-7-17)25-26(33)22(32)14-23-27(25)36-28(35-23)18-8-10-19(31)11-9-18/h8-15,17,21H,3-7,16H2,1-2H3,(H,35,36)(H,37,38). The number of aromatic nitrogens is 3. The van der Waals surface area contributed by atoms with Gasteiger partial charge in [0, 0.05) is 34.2 Å². The molecule has 40 heavy (non-hydrogen) atoms. The van der Waals surface area contributed by atoms with Crippen LogP contribution in [0.5, 0.6) is 11.6 Å². The molecule has 0 aliphatic heterocycles. The minimum Gasteiger partial charge on any atom is -0.478 e. The number of nitrogens with zero attached hydrogens (tertiary/aromatic N) is 2. The summed E-state index contributed by atoms with van der Waals surface area (Å²) in [5.41, 5.74) is 0.290. The quantitative estimate of drug-likeness (QED) is 0.216. The van der Waals surface area contributed by atoms with E-state index in [1.165, 1.54) is 20.0 Å². The van der Waals surface area contributed by atoms with Gasteiger partial charge in [-0.15, -0.1) is 0 Å². The minimum absolute atomic E-state index is 0.0666. The molecule has 0 saturated heterocycles. The van der Waals surface area contributed by atoms with E-state index in [-0.39, 0.29) is 29.7 Å². The molecule has 0 bridgehead atoms. The third kappa shape index (κ3) is 5.89. The Balaban J connectivity index is 1.47. The number of pyridine rings is 1. The lowest BCUT2D eigenvalue weighted by Crippen LogP contribution is -2.37. The highest BCUT2D eigenvalue weighted by Gasteiger charge is 2.33.